The van der Waals surface area contributed by atoms with E-state index in [4.69, 9.17) is 14.2 Å². The Kier molecular flexibility index (Phi) is 6.66. The molecule has 0 aromatic heterocycles. The van der Waals surface area contributed by atoms with E-state index in [9.17, 15) is 8.42 Å². The first-order valence-corrected chi connectivity index (χ1v) is 9.42. The van der Waals surface area contributed by atoms with E-state index < -0.39 is 10.0 Å². The van der Waals surface area contributed by atoms with E-state index in [1.54, 1.807) is 32.4 Å². The third-order valence-corrected chi connectivity index (χ3v) is 5.10. The standard InChI is InChI=1S/C18H23NO5S/c1-4-24-15-7-9-17(10-8-15)25(20,21)19-12-11-14-5-6-16(22-2)13-18(14)23-3/h5-10,13,19H,4,11-12H2,1-3H3. The summed E-state index contributed by atoms with van der Waals surface area (Å²) in [6.07, 6.45) is 0.503. The molecule has 0 saturated heterocycles. The van der Waals surface area contributed by atoms with Gasteiger partial charge in [-0.15, -0.1) is 0 Å². The Morgan fingerprint density at radius 2 is 1.64 bits per heavy atom. The van der Waals surface area contributed by atoms with Crippen LogP contribution >= 0.6 is 0 Å². The van der Waals surface area contributed by atoms with Crippen molar-refractivity contribution in [2.45, 2.75) is 18.2 Å². The lowest BCUT2D eigenvalue weighted by atomic mass is 10.1. The molecule has 7 heteroatoms. The van der Waals surface area contributed by atoms with Crippen molar-refractivity contribution in [2.24, 2.45) is 0 Å². The molecule has 6 nitrogen and oxygen atoms in total. The number of hydrogen-bond donors (Lipinski definition) is 1. The number of benzene rings is 2. The number of rotatable bonds is 9. The van der Waals surface area contributed by atoms with Gasteiger partial charge in [0.1, 0.15) is 17.2 Å². The lowest BCUT2D eigenvalue weighted by Crippen LogP contribution is -2.26. The van der Waals surface area contributed by atoms with Crippen molar-refractivity contribution in [1.29, 1.82) is 0 Å². The van der Waals surface area contributed by atoms with Gasteiger partial charge in [0.05, 0.1) is 25.7 Å². The molecule has 0 unspecified atom stereocenters. The van der Waals surface area contributed by atoms with Gasteiger partial charge in [0.2, 0.25) is 10.0 Å². The first-order chi connectivity index (χ1) is 12.0. The van der Waals surface area contributed by atoms with Crippen LogP contribution in [0.15, 0.2) is 47.4 Å². The summed E-state index contributed by atoms with van der Waals surface area (Å²) in [4.78, 5) is 0.206. The molecule has 0 saturated carbocycles. The molecule has 0 spiro atoms. The third kappa shape index (κ3) is 5.11. The van der Waals surface area contributed by atoms with Crippen LogP contribution < -0.4 is 18.9 Å². The Balaban J connectivity index is 2.00. The van der Waals surface area contributed by atoms with Crippen molar-refractivity contribution in [2.75, 3.05) is 27.4 Å². The molecule has 1 N–H and O–H groups in total. The summed E-state index contributed by atoms with van der Waals surface area (Å²) in [5, 5.41) is 0. The molecule has 2 aromatic carbocycles. The van der Waals surface area contributed by atoms with Crippen molar-refractivity contribution in [3.8, 4) is 17.2 Å². The number of sulfonamides is 1. The van der Waals surface area contributed by atoms with Gasteiger partial charge >= 0.3 is 0 Å². The SMILES string of the molecule is CCOc1ccc(S(=O)(=O)NCCc2ccc(OC)cc2OC)cc1. The molecule has 0 amide bonds. The van der Waals surface area contributed by atoms with E-state index in [-0.39, 0.29) is 11.4 Å². The average molecular weight is 365 g/mol. The van der Waals surface area contributed by atoms with Crippen molar-refractivity contribution in [1.82, 2.24) is 4.72 Å². The Morgan fingerprint density at radius 3 is 2.24 bits per heavy atom. The van der Waals surface area contributed by atoms with Crippen LogP contribution in [0.3, 0.4) is 0 Å². The summed E-state index contributed by atoms with van der Waals surface area (Å²) in [7, 11) is -0.411. The number of methoxy groups -OCH3 is 2. The van der Waals surface area contributed by atoms with Gasteiger partial charge in [-0.1, -0.05) is 6.07 Å². The molecule has 0 fully saturated rings. The molecule has 0 aliphatic rings. The third-order valence-electron chi connectivity index (χ3n) is 3.63. The molecular formula is C18H23NO5S. The smallest absolute Gasteiger partial charge is 0.240 e. The lowest BCUT2D eigenvalue weighted by molar-refractivity contribution is 0.340. The summed E-state index contributed by atoms with van der Waals surface area (Å²) >= 11 is 0. The predicted molar refractivity (Wildman–Crippen MR) is 96.0 cm³/mol. The summed E-state index contributed by atoms with van der Waals surface area (Å²) in [6.45, 7) is 2.67. The second-order valence-electron chi connectivity index (χ2n) is 5.23. The molecular weight excluding hydrogens is 342 g/mol. The predicted octanol–water partition coefficient (Wildman–Crippen LogP) is 2.62. The van der Waals surface area contributed by atoms with Crippen LogP contribution in [0.25, 0.3) is 0 Å². The maximum absolute atomic E-state index is 12.3. The highest BCUT2D eigenvalue weighted by atomic mass is 32.2. The second-order valence-corrected chi connectivity index (χ2v) is 7.00. The topological polar surface area (TPSA) is 73.9 Å². The van der Waals surface area contributed by atoms with E-state index in [0.29, 0.717) is 30.3 Å². The molecule has 2 aromatic rings. The fourth-order valence-corrected chi connectivity index (χ4v) is 3.38. The van der Waals surface area contributed by atoms with Crippen molar-refractivity contribution in [3.63, 3.8) is 0 Å². The minimum absolute atomic E-state index is 0.206. The second kappa shape index (κ2) is 8.73. The Labute approximate surface area is 148 Å². The van der Waals surface area contributed by atoms with E-state index >= 15 is 0 Å². The lowest BCUT2D eigenvalue weighted by Gasteiger charge is -2.11. The van der Waals surface area contributed by atoms with E-state index in [2.05, 4.69) is 4.72 Å². The highest BCUT2D eigenvalue weighted by Gasteiger charge is 2.14. The van der Waals surface area contributed by atoms with Gasteiger partial charge in [-0.25, -0.2) is 13.1 Å². The van der Waals surface area contributed by atoms with E-state index in [0.717, 1.165) is 5.56 Å². The molecule has 0 aliphatic heterocycles. The van der Waals surface area contributed by atoms with Crippen molar-refractivity contribution >= 4 is 10.0 Å². The number of ether oxygens (including phenoxy) is 3. The van der Waals surface area contributed by atoms with Gasteiger partial charge in [-0.3, -0.25) is 0 Å². The summed E-state index contributed by atoms with van der Waals surface area (Å²) in [6, 6.07) is 11.8. The highest BCUT2D eigenvalue weighted by Crippen LogP contribution is 2.25. The van der Waals surface area contributed by atoms with Crippen molar-refractivity contribution in [3.05, 3.63) is 48.0 Å². The summed E-state index contributed by atoms with van der Waals surface area (Å²) in [5.41, 5.74) is 0.901. The average Bonchev–Trinajstić information content (AvgIpc) is 2.62. The van der Waals surface area contributed by atoms with Crippen LogP contribution in [0.1, 0.15) is 12.5 Å². The van der Waals surface area contributed by atoms with Crippen LogP contribution in [0.5, 0.6) is 17.2 Å². The molecule has 0 atom stereocenters. The largest absolute Gasteiger partial charge is 0.497 e. The quantitative estimate of drug-likeness (QED) is 0.739. The summed E-state index contributed by atoms with van der Waals surface area (Å²) < 4.78 is 43.1. The molecule has 136 valence electrons. The van der Waals surface area contributed by atoms with Gasteiger partial charge < -0.3 is 14.2 Å². The van der Waals surface area contributed by atoms with Crippen LogP contribution in [0, 0.1) is 0 Å². The molecule has 0 aliphatic carbocycles. The monoisotopic (exact) mass is 365 g/mol. The Morgan fingerprint density at radius 1 is 0.960 bits per heavy atom. The number of nitrogens with one attached hydrogen (secondary N) is 1. The normalized spacial score (nSPS) is 11.2. The van der Waals surface area contributed by atoms with Crippen LogP contribution in [-0.4, -0.2) is 35.8 Å². The highest BCUT2D eigenvalue weighted by molar-refractivity contribution is 7.89. The molecule has 0 bridgehead atoms. The Bertz CT molecular complexity index is 788. The van der Waals surface area contributed by atoms with Gasteiger partial charge in [-0.05, 0) is 49.2 Å². The molecule has 0 heterocycles. The van der Waals surface area contributed by atoms with Crippen molar-refractivity contribution < 1.29 is 22.6 Å². The zero-order chi connectivity index (χ0) is 18.3. The maximum Gasteiger partial charge on any atom is 0.240 e. The fraction of sp³-hybridized carbons (Fsp3) is 0.333. The van der Waals surface area contributed by atoms with E-state index in [1.807, 2.05) is 19.1 Å². The minimum Gasteiger partial charge on any atom is -0.497 e. The molecule has 25 heavy (non-hydrogen) atoms. The maximum atomic E-state index is 12.3. The van der Waals surface area contributed by atoms with Gasteiger partial charge in [0, 0.05) is 12.6 Å². The zero-order valence-electron chi connectivity index (χ0n) is 14.6. The first-order valence-electron chi connectivity index (χ1n) is 7.93. The minimum atomic E-state index is -3.57. The number of hydrogen-bond acceptors (Lipinski definition) is 5. The fourth-order valence-electron chi connectivity index (χ4n) is 2.34. The van der Waals surface area contributed by atoms with Crippen LogP contribution in [-0.2, 0) is 16.4 Å². The van der Waals surface area contributed by atoms with Gasteiger partial charge in [-0.2, -0.15) is 0 Å². The van der Waals surface area contributed by atoms with E-state index in [1.165, 1.54) is 12.1 Å². The molecule has 0 radical (unpaired) electrons. The van der Waals surface area contributed by atoms with Gasteiger partial charge in [0.15, 0.2) is 0 Å². The zero-order valence-corrected chi connectivity index (χ0v) is 15.4. The first kappa shape index (κ1) is 19.1. The van der Waals surface area contributed by atoms with Gasteiger partial charge in [0.25, 0.3) is 0 Å². The Hall–Kier alpha value is -2.25. The van der Waals surface area contributed by atoms with Crippen LogP contribution in [0.4, 0.5) is 0 Å². The summed E-state index contributed by atoms with van der Waals surface area (Å²) in [5.74, 6) is 2.00. The van der Waals surface area contributed by atoms with Crippen LogP contribution in [0.2, 0.25) is 0 Å². The molecule has 2 rings (SSSR count).